The highest BCUT2D eigenvalue weighted by atomic mass is 32.1. The van der Waals surface area contributed by atoms with Gasteiger partial charge >= 0.3 is 5.69 Å². The van der Waals surface area contributed by atoms with Gasteiger partial charge in [-0.1, -0.05) is 0 Å². The van der Waals surface area contributed by atoms with Crippen LogP contribution in [0.15, 0.2) is 23.6 Å². The summed E-state index contributed by atoms with van der Waals surface area (Å²) in [5, 5.41) is 22.0. The number of aromatic hydroxyl groups is 1. The summed E-state index contributed by atoms with van der Waals surface area (Å²) in [5.41, 5.74) is 6.24. The Kier molecular flexibility index (Phi) is 2.45. The number of nitrogens with two attached hydrogens (primary N) is 1. The molecular weight excluding hydrogens is 230 g/mol. The van der Waals surface area contributed by atoms with Gasteiger partial charge < -0.3 is 10.8 Å². The van der Waals surface area contributed by atoms with Gasteiger partial charge in [-0.3, -0.25) is 10.1 Å². The van der Waals surface area contributed by atoms with Crippen molar-refractivity contribution < 1.29 is 10.0 Å². The molecule has 0 unspecified atom stereocenters. The lowest BCUT2D eigenvalue weighted by Crippen LogP contribution is -1.90. The number of nitro benzene ring substituents is 1. The largest absolute Gasteiger partial charge is 0.502 e. The molecule has 16 heavy (non-hydrogen) atoms. The fourth-order valence-corrected chi connectivity index (χ4v) is 1.82. The van der Waals surface area contributed by atoms with Gasteiger partial charge in [-0.2, -0.15) is 0 Å². The van der Waals surface area contributed by atoms with Crippen molar-refractivity contribution in [3.63, 3.8) is 0 Å². The molecule has 0 bridgehead atoms. The molecule has 0 amide bonds. The average molecular weight is 237 g/mol. The summed E-state index contributed by atoms with van der Waals surface area (Å²) in [5.74, 6) is -0.364. The van der Waals surface area contributed by atoms with E-state index in [9.17, 15) is 15.2 Å². The van der Waals surface area contributed by atoms with Crippen LogP contribution in [0.1, 0.15) is 0 Å². The van der Waals surface area contributed by atoms with E-state index < -0.39 is 4.92 Å². The molecule has 6 nitrogen and oxygen atoms in total. The molecule has 0 fully saturated rings. The van der Waals surface area contributed by atoms with E-state index in [2.05, 4.69) is 4.98 Å². The summed E-state index contributed by atoms with van der Waals surface area (Å²) in [6.45, 7) is 0. The minimum atomic E-state index is -0.644. The van der Waals surface area contributed by atoms with Gasteiger partial charge in [0.25, 0.3) is 0 Å². The molecule has 1 aromatic carbocycles. The van der Waals surface area contributed by atoms with Crippen LogP contribution in [0.3, 0.4) is 0 Å². The normalized spacial score (nSPS) is 10.2. The molecule has 0 radical (unpaired) electrons. The van der Waals surface area contributed by atoms with Crippen LogP contribution in [0, 0.1) is 10.1 Å². The zero-order chi connectivity index (χ0) is 11.7. The predicted molar refractivity (Wildman–Crippen MR) is 60.3 cm³/mol. The van der Waals surface area contributed by atoms with Crippen molar-refractivity contribution in [3.8, 4) is 17.0 Å². The molecule has 0 saturated heterocycles. The van der Waals surface area contributed by atoms with Crippen molar-refractivity contribution in [2.24, 2.45) is 0 Å². The van der Waals surface area contributed by atoms with Crippen molar-refractivity contribution in [2.45, 2.75) is 0 Å². The summed E-state index contributed by atoms with van der Waals surface area (Å²) in [4.78, 5) is 14.0. The van der Waals surface area contributed by atoms with E-state index >= 15 is 0 Å². The Morgan fingerprint density at radius 3 is 2.81 bits per heavy atom. The van der Waals surface area contributed by atoms with Crippen molar-refractivity contribution >= 4 is 22.2 Å². The van der Waals surface area contributed by atoms with Gasteiger partial charge in [-0.25, -0.2) is 4.98 Å². The van der Waals surface area contributed by atoms with Crippen LogP contribution in [0.5, 0.6) is 5.75 Å². The molecule has 3 N–H and O–H groups in total. The summed E-state index contributed by atoms with van der Waals surface area (Å²) in [7, 11) is 0. The molecule has 0 aliphatic carbocycles. The molecule has 0 spiro atoms. The molecule has 0 atom stereocenters. The van der Waals surface area contributed by atoms with E-state index in [1.54, 1.807) is 11.4 Å². The third-order valence-corrected chi connectivity index (χ3v) is 2.66. The summed E-state index contributed by atoms with van der Waals surface area (Å²) in [6.07, 6.45) is 0. The van der Waals surface area contributed by atoms with Crippen molar-refractivity contribution in [1.29, 1.82) is 0 Å². The maximum atomic E-state index is 10.6. The van der Waals surface area contributed by atoms with Crippen LogP contribution in [0.25, 0.3) is 11.3 Å². The van der Waals surface area contributed by atoms with Gasteiger partial charge in [-0.15, -0.1) is 11.3 Å². The number of nitro groups is 1. The smallest absolute Gasteiger partial charge is 0.311 e. The molecule has 2 aromatic rings. The Bertz CT molecular complexity index is 553. The molecule has 1 heterocycles. The number of hydrogen-bond acceptors (Lipinski definition) is 6. The third-order valence-electron chi connectivity index (χ3n) is 1.99. The number of rotatable bonds is 2. The Morgan fingerprint density at radius 1 is 1.50 bits per heavy atom. The molecule has 2 rings (SSSR count). The summed E-state index contributed by atoms with van der Waals surface area (Å²) in [6, 6.07) is 4.09. The number of anilines is 1. The first-order valence-electron chi connectivity index (χ1n) is 4.26. The van der Waals surface area contributed by atoms with Crippen LogP contribution >= 0.6 is 11.3 Å². The SMILES string of the molecule is Nc1nc(-c2ccc(O)c([N+](=O)[O-])c2)cs1. The highest BCUT2D eigenvalue weighted by Gasteiger charge is 2.15. The highest BCUT2D eigenvalue weighted by molar-refractivity contribution is 7.13. The molecule has 0 aliphatic rings. The fraction of sp³-hybridized carbons (Fsp3) is 0. The minimum Gasteiger partial charge on any atom is -0.502 e. The molecular formula is C9H7N3O3S. The minimum absolute atomic E-state index is 0.343. The van der Waals surface area contributed by atoms with E-state index in [1.807, 2.05) is 0 Å². The Morgan fingerprint density at radius 2 is 2.25 bits per heavy atom. The number of thiazole rings is 1. The number of phenols is 1. The number of aromatic nitrogens is 1. The van der Waals surface area contributed by atoms with Crippen LogP contribution in [0.4, 0.5) is 10.8 Å². The van der Waals surface area contributed by atoms with E-state index in [4.69, 9.17) is 5.73 Å². The maximum Gasteiger partial charge on any atom is 0.311 e. The van der Waals surface area contributed by atoms with Gasteiger partial charge in [-0.05, 0) is 12.1 Å². The second-order valence-corrected chi connectivity index (χ2v) is 3.92. The number of benzene rings is 1. The first kappa shape index (κ1) is 10.4. The monoisotopic (exact) mass is 237 g/mol. The third kappa shape index (κ3) is 1.80. The van der Waals surface area contributed by atoms with E-state index in [0.29, 0.717) is 16.4 Å². The lowest BCUT2D eigenvalue weighted by Gasteiger charge is -1.98. The number of hydrogen-bond donors (Lipinski definition) is 2. The Balaban J connectivity index is 2.51. The molecule has 82 valence electrons. The first-order chi connectivity index (χ1) is 7.58. The standard InChI is InChI=1S/C9H7N3O3S/c10-9-11-6(4-16-9)5-1-2-8(13)7(3-5)12(14)15/h1-4,13H,(H2,10,11). The second kappa shape index (κ2) is 3.78. The molecule has 0 saturated carbocycles. The van der Waals surface area contributed by atoms with Crippen molar-refractivity contribution in [1.82, 2.24) is 4.98 Å². The zero-order valence-electron chi connectivity index (χ0n) is 7.95. The predicted octanol–water partition coefficient (Wildman–Crippen LogP) is 2.01. The molecule has 1 aromatic heterocycles. The van der Waals surface area contributed by atoms with Gasteiger partial charge in [0.15, 0.2) is 10.9 Å². The van der Waals surface area contributed by atoms with E-state index in [0.717, 1.165) is 0 Å². The maximum absolute atomic E-state index is 10.6. The summed E-state index contributed by atoms with van der Waals surface area (Å²) >= 11 is 1.25. The van der Waals surface area contributed by atoms with Crippen LogP contribution in [-0.2, 0) is 0 Å². The Labute approximate surface area is 94.1 Å². The van der Waals surface area contributed by atoms with E-state index in [1.165, 1.54) is 23.5 Å². The van der Waals surface area contributed by atoms with Gasteiger partial charge in [0, 0.05) is 17.0 Å². The van der Waals surface area contributed by atoms with Crippen molar-refractivity contribution in [3.05, 3.63) is 33.7 Å². The topological polar surface area (TPSA) is 102 Å². The van der Waals surface area contributed by atoms with Gasteiger partial charge in [0.1, 0.15) is 0 Å². The number of phenolic OH excluding ortho intramolecular Hbond substituents is 1. The number of nitrogen functional groups attached to an aromatic ring is 1. The van der Waals surface area contributed by atoms with E-state index in [-0.39, 0.29) is 11.4 Å². The lowest BCUT2D eigenvalue weighted by molar-refractivity contribution is -0.385. The van der Waals surface area contributed by atoms with Crippen LogP contribution in [-0.4, -0.2) is 15.0 Å². The lowest BCUT2D eigenvalue weighted by atomic mass is 10.1. The zero-order valence-corrected chi connectivity index (χ0v) is 8.77. The second-order valence-electron chi connectivity index (χ2n) is 3.03. The van der Waals surface area contributed by atoms with Crippen LogP contribution < -0.4 is 5.73 Å². The Hall–Kier alpha value is -2.15. The van der Waals surface area contributed by atoms with Crippen LogP contribution in [0.2, 0.25) is 0 Å². The average Bonchev–Trinajstić information content (AvgIpc) is 2.65. The van der Waals surface area contributed by atoms with Crippen molar-refractivity contribution in [2.75, 3.05) is 5.73 Å². The first-order valence-corrected chi connectivity index (χ1v) is 5.14. The van der Waals surface area contributed by atoms with Gasteiger partial charge in [0.05, 0.1) is 10.6 Å². The highest BCUT2D eigenvalue weighted by Crippen LogP contribution is 2.31. The fourth-order valence-electron chi connectivity index (χ4n) is 1.25. The number of nitrogens with zero attached hydrogens (tertiary/aromatic N) is 2. The van der Waals surface area contributed by atoms with Gasteiger partial charge in [0.2, 0.25) is 0 Å². The molecule has 0 aliphatic heterocycles. The summed E-state index contributed by atoms with van der Waals surface area (Å²) < 4.78 is 0. The quantitative estimate of drug-likeness (QED) is 0.614. The molecule has 7 heteroatoms.